The van der Waals surface area contributed by atoms with Gasteiger partial charge in [0.2, 0.25) is 0 Å². The molecule has 0 bridgehead atoms. The van der Waals surface area contributed by atoms with Gasteiger partial charge in [0.15, 0.2) is 0 Å². The van der Waals surface area contributed by atoms with Crippen LogP contribution >= 0.6 is 0 Å². The molecule has 1 aliphatic heterocycles. The SMILES string of the molecule is CC(C)(CNc1c(C#N)cnc2c(C#N)cc(N[C@H](C3=CN(C4(C(F)F)CC4)NN3)c3cccc4ncccc34)cc12)C(F)(F)F. The lowest BCUT2D eigenvalue weighted by Gasteiger charge is -2.29. The molecule has 4 aromatic rings. The summed E-state index contributed by atoms with van der Waals surface area (Å²) in [5, 5.41) is 28.5. The zero-order chi connectivity index (χ0) is 32.9. The minimum Gasteiger partial charge on any atom is -0.382 e. The fraction of sp³-hybridized carbons (Fsp3) is 0.312. The van der Waals surface area contributed by atoms with Gasteiger partial charge in [-0.1, -0.05) is 18.2 Å². The van der Waals surface area contributed by atoms with Crippen LogP contribution in [0.4, 0.5) is 33.3 Å². The largest absolute Gasteiger partial charge is 0.395 e. The van der Waals surface area contributed by atoms with Crippen LogP contribution in [0.15, 0.2) is 66.8 Å². The summed E-state index contributed by atoms with van der Waals surface area (Å²) in [7, 11) is 0. The van der Waals surface area contributed by atoms with Gasteiger partial charge < -0.3 is 16.1 Å². The first kappa shape index (κ1) is 30.8. The molecular weight excluding hydrogens is 605 g/mol. The standard InChI is InChI=1S/C32H28F5N9/c1-30(2,32(35,36)37)17-42-27-19(14-39)15-41-26-18(13-38)11-20(12-23(26)27)43-28(22-5-3-7-24-21(22)6-4-10-40-24)25-16-46(45-44-25)31(8-9-31)29(33)34/h3-7,10-12,15-16,28-29,43-45H,8-9,17H2,1-2H3,(H,41,42)/t28-/m0/s1. The number of hydrogen-bond acceptors (Lipinski definition) is 9. The molecule has 1 aliphatic carbocycles. The van der Waals surface area contributed by atoms with Crippen molar-refractivity contribution >= 4 is 33.2 Å². The first-order valence-electron chi connectivity index (χ1n) is 14.4. The Morgan fingerprint density at radius 1 is 1.02 bits per heavy atom. The predicted molar refractivity (Wildman–Crippen MR) is 162 cm³/mol. The lowest BCUT2D eigenvalue weighted by atomic mass is 9.92. The monoisotopic (exact) mass is 633 g/mol. The summed E-state index contributed by atoms with van der Waals surface area (Å²) in [5.74, 6) is 0. The van der Waals surface area contributed by atoms with Crippen LogP contribution in [0.2, 0.25) is 0 Å². The van der Waals surface area contributed by atoms with Crippen LogP contribution in [-0.4, -0.2) is 39.7 Å². The highest BCUT2D eigenvalue weighted by molar-refractivity contribution is 5.99. The maximum atomic E-state index is 14.0. The van der Waals surface area contributed by atoms with Gasteiger partial charge in [0.1, 0.15) is 17.7 Å². The van der Waals surface area contributed by atoms with Crippen LogP contribution in [0, 0.1) is 28.1 Å². The predicted octanol–water partition coefficient (Wildman–Crippen LogP) is 6.64. The Bertz CT molecular complexity index is 1930. The van der Waals surface area contributed by atoms with E-state index in [1.165, 1.54) is 11.2 Å². The maximum Gasteiger partial charge on any atom is 0.395 e. The summed E-state index contributed by atoms with van der Waals surface area (Å²) in [5.41, 5.74) is 5.13. The molecule has 9 nitrogen and oxygen atoms in total. The van der Waals surface area contributed by atoms with Crippen molar-refractivity contribution in [2.45, 2.75) is 50.9 Å². The molecule has 1 atom stereocenters. The molecule has 1 saturated carbocycles. The minimum absolute atomic E-state index is 0.00457. The number of halogens is 5. The topological polar surface area (TPSA) is 125 Å². The van der Waals surface area contributed by atoms with E-state index in [1.54, 1.807) is 30.6 Å². The number of anilines is 2. The van der Waals surface area contributed by atoms with Crippen molar-refractivity contribution in [2.24, 2.45) is 5.41 Å². The highest BCUT2D eigenvalue weighted by atomic mass is 19.4. The number of nitrogens with one attached hydrogen (secondary N) is 4. The Labute approximate surface area is 260 Å². The highest BCUT2D eigenvalue weighted by Crippen LogP contribution is 2.47. The lowest BCUT2D eigenvalue weighted by Crippen LogP contribution is -2.48. The fourth-order valence-corrected chi connectivity index (χ4v) is 5.43. The van der Waals surface area contributed by atoms with Crippen LogP contribution in [-0.2, 0) is 0 Å². The third-order valence-corrected chi connectivity index (χ3v) is 8.54. The molecule has 14 heteroatoms. The number of nitrogens with zero attached hydrogens (tertiary/aromatic N) is 5. The van der Waals surface area contributed by atoms with Crippen LogP contribution in [0.3, 0.4) is 0 Å². The third-order valence-electron chi connectivity index (χ3n) is 8.54. The quantitative estimate of drug-likeness (QED) is 0.150. The molecule has 0 spiro atoms. The number of fused-ring (bicyclic) bond motifs is 2. The van der Waals surface area contributed by atoms with Gasteiger partial charge in [-0.3, -0.25) is 15.0 Å². The Hall–Kier alpha value is -5.21. The second-order valence-electron chi connectivity index (χ2n) is 12.0. The van der Waals surface area contributed by atoms with Crippen LogP contribution in [0.5, 0.6) is 0 Å². The van der Waals surface area contributed by atoms with Crippen molar-refractivity contribution in [3.63, 3.8) is 0 Å². The normalized spacial score (nSPS) is 16.5. The number of nitriles is 2. The Morgan fingerprint density at radius 3 is 2.46 bits per heavy atom. The van der Waals surface area contributed by atoms with Crippen molar-refractivity contribution in [1.29, 1.82) is 10.5 Å². The van der Waals surface area contributed by atoms with Gasteiger partial charge >= 0.3 is 6.18 Å². The van der Waals surface area contributed by atoms with E-state index < -0.39 is 36.1 Å². The average molecular weight is 634 g/mol. The minimum atomic E-state index is -4.52. The van der Waals surface area contributed by atoms with Crippen molar-refractivity contribution in [2.75, 3.05) is 17.2 Å². The van der Waals surface area contributed by atoms with Gasteiger partial charge in [-0.15, -0.1) is 5.53 Å². The van der Waals surface area contributed by atoms with E-state index in [0.717, 1.165) is 24.8 Å². The molecule has 2 aliphatic rings. The average Bonchev–Trinajstić information content (AvgIpc) is 3.71. The molecule has 0 amide bonds. The smallest absolute Gasteiger partial charge is 0.382 e. The summed E-state index contributed by atoms with van der Waals surface area (Å²) in [6.45, 7) is 1.55. The van der Waals surface area contributed by atoms with E-state index in [4.69, 9.17) is 0 Å². The number of hydrogen-bond donors (Lipinski definition) is 4. The number of hydrazine groups is 2. The van der Waals surface area contributed by atoms with Crippen LogP contribution < -0.4 is 21.6 Å². The van der Waals surface area contributed by atoms with E-state index in [-0.39, 0.29) is 27.7 Å². The second-order valence-corrected chi connectivity index (χ2v) is 12.0. The maximum absolute atomic E-state index is 14.0. The Balaban J connectivity index is 1.47. The zero-order valence-corrected chi connectivity index (χ0v) is 24.7. The van der Waals surface area contributed by atoms with Crippen molar-refractivity contribution < 1.29 is 22.0 Å². The molecule has 236 valence electrons. The van der Waals surface area contributed by atoms with Gasteiger partial charge in [-0.05, 0) is 56.5 Å². The van der Waals surface area contributed by atoms with E-state index in [0.29, 0.717) is 29.7 Å². The summed E-state index contributed by atoms with van der Waals surface area (Å²) in [4.78, 5) is 8.72. The highest BCUT2D eigenvalue weighted by Gasteiger charge is 2.56. The first-order chi connectivity index (χ1) is 21.9. The van der Waals surface area contributed by atoms with E-state index in [2.05, 4.69) is 37.6 Å². The molecule has 46 heavy (non-hydrogen) atoms. The molecule has 2 aromatic carbocycles. The molecule has 0 saturated heterocycles. The Morgan fingerprint density at radius 2 is 1.78 bits per heavy atom. The van der Waals surface area contributed by atoms with Crippen LogP contribution in [0.25, 0.3) is 21.8 Å². The molecule has 3 heterocycles. The second kappa shape index (κ2) is 11.3. The molecule has 0 radical (unpaired) electrons. The number of benzene rings is 2. The van der Waals surface area contributed by atoms with Gasteiger partial charge in [-0.2, -0.15) is 23.7 Å². The zero-order valence-electron chi connectivity index (χ0n) is 24.7. The van der Waals surface area contributed by atoms with Crippen LogP contribution in [0.1, 0.15) is 49.4 Å². The summed E-state index contributed by atoms with van der Waals surface area (Å²) >= 11 is 0. The molecule has 0 unspecified atom stereocenters. The molecular formula is C32H28F5N9. The van der Waals surface area contributed by atoms with E-state index in [1.807, 2.05) is 30.3 Å². The Kier molecular flexibility index (Phi) is 7.57. The van der Waals surface area contributed by atoms with Gasteiger partial charge in [0.25, 0.3) is 6.43 Å². The van der Waals surface area contributed by atoms with E-state index in [9.17, 15) is 32.5 Å². The molecule has 2 aromatic heterocycles. The number of pyridine rings is 2. The number of aromatic nitrogens is 2. The third kappa shape index (κ3) is 5.35. The van der Waals surface area contributed by atoms with Gasteiger partial charge in [0, 0.05) is 41.6 Å². The first-order valence-corrected chi connectivity index (χ1v) is 14.4. The van der Waals surface area contributed by atoms with Gasteiger partial charge in [-0.25, -0.2) is 8.78 Å². The molecule has 6 rings (SSSR count). The lowest BCUT2D eigenvalue weighted by molar-refractivity contribution is -0.206. The number of rotatable bonds is 9. The fourth-order valence-electron chi connectivity index (χ4n) is 5.43. The molecule has 4 N–H and O–H groups in total. The summed E-state index contributed by atoms with van der Waals surface area (Å²) in [6.07, 6.45) is -2.03. The van der Waals surface area contributed by atoms with E-state index >= 15 is 0 Å². The van der Waals surface area contributed by atoms with Crippen molar-refractivity contribution in [3.8, 4) is 12.1 Å². The van der Waals surface area contributed by atoms with Crippen molar-refractivity contribution in [1.82, 2.24) is 25.9 Å². The number of alkyl halides is 5. The van der Waals surface area contributed by atoms with Gasteiger partial charge in [0.05, 0.1) is 45.0 Å². The summed E-state index contributed by atoms with van der Waals surface area (Å²) < 4.78 is 69.0. The summed E-state index contributed by atoms with van der Waals surface area (Å²) in [6, 6.07) is 15.7. The molecule has 1 fully saturated rings. The van der Waals surface area contributed by atoms with Crippen molar-refractivity contribution in [3.05, 3.63) is 83.4 Å².